The third-order valence-electron chi connectivity index (χ3n) is 2.89. The lowest BCUT2D eigenvalue weighted by Crippen LogP contribution is -2.16. The smallest absolute Gasteiger partial charge is 0.338 e. The molecule has 0 spiro atoms. The van der Waals surface area contributed by atoms with Gasteiger partial charge in [-0.15, -0.1) is 0 Å². The molecule has 110 valence electrons. The largest absolute Gasteiger partial charge is 0.462 e. The number of esters is 1. The summed E-state index contributed by atoms with van der Waals surface area (Å²) in [7, 11) is 1.71. The molecule has 6 heteroatoms. The van der Waals surface area contributed by atoms with Gasteiger partial charge in [-0.1, -0.05) is 0 Å². The number of aromatic nitrogens is 2. The van der Waals surface area contributed by atoms with Gasteiger partial charge in [0.25, 0.3) is 5.91 Å². The third kappa shape index (κ3) is 3.47. The molecule has 2 aromatic rings. The molecule has 1 N–H and O–H groups in total. The van der Waals surface area contributed by atoms with Gasteiger partial charge in [0.2, 0.25) is 0 Å². The SMILES string of the molecule is CCOC(=O)c1ccc(NC(=O)c2cc(C)nn2C)cc1. The van der Waals surface area contributed by atoms with Crippen molar-refractivity contribution in [3.63, 3.8) is 0 Å². The molecule has 0 aliphatic carbocycles. The monoisotopic (exact) mass is 287 g/mol. The highest BCUT2D eigenvalue weighted by molar-refractivity contribution is 6.03. The lowest BCUT2D eigenvalue weighted by Gasteiger charge is -2.06. The van der Waals surface area contributed by atoms with Crippen LogP contribution in [0, 0.1) is 6.92 Å². The highest BCUT2D eigenvalue weighted by Gasteiger charge is 2.12. The second-order valence-corrected chi connectivity index (χ2v) is 4.55. The molecule has 1 aromatic carbocycles. The maximum atomic E-state index is 12.1. The minimum Gasteiger partial charge on any atom is -0.462 e. The molecule has 0 atom stereocenters. The van der Waals surface area contributed by atoms with Crippen LogP contribution in [0.1, 0.15) is 33.5 Å². The normalized spacial score (nSPS) is 10.2. The number of ether oxygens (including phenoxy) is 1. The first-order valence-corrected chi connectivity index (χ1v) is 6.60. The second-order valence-electron chi connectivity index (χ2n) is 4.55. The average Bonchev–Trinajstić information content (AvgIpc) is 2.79. The van der Waals surface area contributed by atoms with Crippen LogP contribution in [0.15, 0.2) is 30.3 Å². The van der Waals surface area contributed by atoms with Crippen molar-refractivity contribution in [1.29, 1.82) is 0 Å². The van der Waals surface area contributed by atoms with Crippen molar-refractivity contribution in [3.05, 3.63) is 47.3 Å². The molecule has 1 heterocycles. The Kier molecular flexibility index (Phi) is 4.37. The van der Waals surface area contributed by atoms with Crippen LogP contribution in [0.3, 0.4) is 0 Å². The molecule has 0 radical (unpaired) electrons. The Morgan fingerprint density at radius 3 is 2.48 bits per heavy atom. The second kappa shape index (κ2) is 6.21. The van der Waals surface area contributed by atoms with Gasteiger partial charge < -0.3 is 10.1 Å². The summed E-state index contributed by atoms with van der Waals surface area (Å²) in [6, 6.07) is 8.26. The Morgan fingerprint density at radius 2 is 1.95 bits per heavy atom. The standard InChI is InChI=1S/C15H17N3O3/c1-4-21-15(20)11-5-7-12(8-6-11)16-14(19)13-9-10(2)17-18(13)3/h5-9H,4H2,1-3H3,(H,16,19). The molecule has 0 saturated heterocycles. The van der Waals surface area contributed by atoms with Crippen LogP contribution >= 0.6 is 0 Å². The van der Waals surface area contributed by atoms with Crippen molar-refractivity contribution in [1.82, 2.24) is 9.78 Å². The predicted octanol–water partition coefficient (Wildman–Crippen LogP) is 2.16. The number of rotatable bonds is 4. The molecule has 21 heavy (non-hydrogen) atoms. The zero-order valence-corrected chi connectivity index (χ0v) is 12.2. The van der Waals surface area contributed by atoms with Crippen LogP contribution in [-0.4, -0.2) is 28.3 Å². The van der Waals surface area contributed by atoms with Gasteiger partial charge in [-0.2, -0.15) is 5.10 Å². The summed E-state index contributed by atoms with van der Waals surface area (Å²) in [6.45, 7) is 3.91. The first-order valence-electron chi connectivity index (χ1n) is 6.60. The molecule has 1 amide bonds. The maximum absolute atomic E-state index is 12.1. The van der Waals surface area contributed by atoms with Crippen LogP contribution in [-0.2, 0) is 11.8 Å². The van der Waals surface area contributed by atoms with Crippen molar-refractivity contribution in [3.8, 4) is 0 Å². The molecule has 0 aliphatic heterocycles. The summed E-state index contributed by atoms with van der Waals surface area (Å²) in [4.78, 5) is 23.6. The zero-order chi connectivity index (χ0) is 15.4. The number of nitrogens with one attached hydrogen (secondary N) is 1. The molecule has 0 saturated carbocycles. The van der Waals surface area contributed by atoms with Crippen molar-refractivity contribution in [2.75, 3.05) is 11.9 Å². The highest BCUT2D eigenvalue weighted by atomic mass is 16.5. The van der Waals surface area contributed by atoms with Gasteiger partial charge >= 0.3 is 5.97 Å². The first-order chi connectivity index (χ1) is 10.0. The van der Waals surface area contributed by atoms with E-state index >= 15 is 0 Å². The topological polar surface area (TPSA) is 73.2 Å². The molecule has 6 nitrogen and oxygen atoms in total. The Hall–Kier alpha value is -2.63. The Bertz CT molecular complexity index is 659. The van der Waals surface area contributed by atoms with E-state index in [-0.39, 0.29) is 11.9 Å². The van der Waals surface area contributed by atoms with Crippen molar-refractivity contribution < 1.29 is 14.3 Å². The summed E-state index contributed by atoms with van der Waals surface area (Å²) < 4.78 is 6.42. The van der Waals surface area contributed by atoms with Crippen LogP contribution in [0.25, 0.3) is 0 Å². The number of nitrogens with zero attached hydrogens (tertiary/aromatic N) is 2. The van der Waals surface area contributed by atoms with Crippen molar-refractivity contribution >= 4 is 17.6 Å². The van der Waals surface area contributed by atoms with Gasteiger partial charge in [0.15, 0.2) is 0 Å². The number of amides is 1. The Balaban J connectivity index is 2.08. The minimum atomic E-state index is -0.377. The van der Waals surface area contributed by atoms with E-state index in [1.807, 2.05) is 6.92 Å². The molecular weight excluding hydrogens is 270 g/mol. The Morgan fingerprint density at radius 1 is 1.29 bits per heavy atom. The van der Waals surface area contributed by atoms with E-state index in [0.29, 0.717) is 23.6 Å². The fourth-order valence-corrected chi connectivity index (χ4v) is 1.92. The number of hydrogen-bond donors (Lipinski definition) is 1. The number of anilines is 1. The van der Waals surface area contributed by atoms with Crippen LogP contribution in [0.4, 0.5) is 5.69 Å². The molecule has 0 fully saturated rings. The summed E-state index contributed by atoms with van der Waals surface area (Å²) in [5.41, 5.74) is 2.31. The highest BCUT2D eigenvalue weighted by Crippen LogP contribution is 2.12. The third-order valence-corrected chi connectivity index (χ3v) is 2.89. The van der Waals surface area contributed by atoms with Crippen LogP contribution in [0.5, 0.6) is 0 Å². The van der Waals surface area contributed by atoms with Gasteiger partial charge in [0, 0.05) is 12.7 Å². The van der Waals surface area contributed by atoms with E-state index in [9.17, 15) is 9.59 Å². The Labute approximate surface area is 122 Å². The zero-order valence-electron chi connectivity index (χ0n) is 12.2. The maximum Gasteiger partial charge on any atom is 0.338 e. The minimum absolute atomic E-state index is 0.248. The number of carbonyl (C=O) groups is 2. The molecule has 0 bridgehead atoms. The molecular formula is C15H17N3O3. The lowest BCUT2D eigenvalue weighted by molar-refractivity contribution is 0.0526. The molecule has 2 rings (SSSR count). The molecule has 0 unspecified atom stereocenters. The molecule has 1 aromatic heterocycles. The van der Waals surface area contributed by atoms with E-state index < -0.39 is 0 Å². The van der Waals surface area contributed by atoms with Crippen molar-refractivity contribution in [2.45, 2.75) is 13.8 Å². The van der Waals surface area contributed by atoms with Gasteiger partial charge in [-0.3, -0.25) is 9.48 Å². The van der Waals surface area contributed by atoms with Gasteiger partial charge in [-0.05, 0) is 44.2 Å². The van der Waals surface area contributed by atoms with Crippen molar-refractivity contribution in [2.24, 2.45) is 7.05 Å². The number of benzene rings is 1. The number of hydrogen-bond acceptors (Lipinski definition) is 4. The van der Waals surface area contributed by atoms with Gasteiger partial charge in [0.05, 0.1) is 17.9 Å². The first kappa shape index (κ1) is 14.8. The fraction of sp³-hybridized carbons (Fsp3) is 0.267. The van der Waals surface area contributed by atoms with Gasteiger partial charge in [-0.25, -0.2) is 4.79 Å². The van der Waals surface area contributed by atoms with E-state index in [4.69, 9.17) is 4.74 Å². The average molecular weight is 287 g/mol. The number of aryl methyl sites for hydroxylation is 2. The van der Waals surface area contributed by atoms with Crippen LogP contribution < -0.4 is 5.32 Å². The van der Waals surface area contributed by atoms with E-state index in [2.05, 4.69) is 10.4 Å². The van der Waals surface area contributed by atoms with Crippen LogP contribution in [0.2, 0.25) is 0 Å². The van der Waals surface area contributed by atoms with E-state index in [0.717, 1.165) is 5.69 Å². The predicted molar refractivity (Wildman–Crippen MR) is 78.3 cm³/mol. The quantitative estimate of drug-likeness (QED) is 0.874. The summed E-state index contributed by atoms with van der Waals surface area (Å²) in [6.07, 6.45) is 0. The fourth-order valence-electron chi connectivity index (χ4n) is 1.92. The summed E-state index contributed by atoms with van der Waals surface area (Å²) in [5.74, 6) is -0.625. The summed E-state index contributed by atoms with van der Waals surface area (Å²) in [5, 5.41) is 6.88. The van der Waals surface area contributed by atoms with E-state index in [1.165, 1.54) is 4.68 Å². The number of carbonyl (C=O) groups excluding carboxylic acids is 2. The lowest BCUT2D eigenvalue weighted by atomic mass is 10.2. The summed E-state index contributed by atoms with van der Waals surface area (Å²) >= 11 is 0. The molecule has 0 aliphatic rings. The van der Waals surface area contributed by atoms with E-state index in [1.54, 1.807) is 44.3 Å². The van der Waals surface area contributed by atoms with Gasteiger partial charge in [0.1, 0.15) is 5.69 Å².